The van der Waals surface area contributed by atoms with Crippen LogP contribution in [0.4, 0.5) is 5.69 Å². The molecule has 0 spiro atoms. The molecule has 0 aromatic heterocycles. The molecule has 1 aliphatic rings. The first-order chi connectivity index (χ1) is 14.9. The Morgan fingerprint density at radius 2 is 1.69 bits per heavy atom. The Morgan fingerprint density at radius 1 is 1.00 bits per heavy atom. The van der Waals surface area contributed by atoms with Crippen LogP contribution in [0.5, 0.6) is 0 Å². The van der Waals surface area contributed by atoms with Gasteiger partial charge in [0.05, 0.1) is 16.0 Å². The molecule has 2 aromatic rings. The molecule has 3 amide bonds. The summed E-state index contributed by atoms with van der Waals surface area (Å²) in [6, 6.07) is 11.1. The molecule has 0 unspecified atom stereocenters. The lowest BCUT2D eigenvalue weighted by Crippen LogP contribution is -2.40. The van der Waals surface area contributed by atoms with Crippen LogP contribution in [-0.2, 0) is 14.8 Å². The molecular formula is C23H27N3O5S. The molecule has 0 saturated heterocycles. The fraction of sp³-hybridized carbons (Fsp3) is 0.348. The van der Waals surface area contributed by atoms with E-state index >= 15 is 0 Å². The van der Waals surface area contributed by atoms with Gasteiger partial charge in [0.2, 0.25) is 15.9 Å². The molecule has 0 bridgehead atoms. The Balaban J connectivity index is 1.57. The lowest BCUT2D eigenvalue weighted by Gasteiger charge is -2.20. The van der Waals surface area contributed by atoms with Gasteiger partial charge in [-0.2, -0.15) is 0 Å². The fourth-order valence-corrected chi connectivity index (χ4v) is 4.90. The van der Waals surface area contributed by atoms with Crippen molar-refractivity contribution in [1.82, 2.24) is 9.62 Å². The van der Waals surface area contributed by atoms with Crippen LogP contribution in [0.2, 0.25) is 0 Å². The van der Waals surface area contributed by atoms with Crippen molar-refractivity contribution in [2.45, 2.75) is 51.0 Å². The molecule has 8 nitrogen and oxygen atoms in total. The van der Waals surface area contributed by atoms with Crippen molar-refractivity contribution in [2.75, 3.05) is 11.9 Å². The molecule has 0 fully saturated rings. The van der Waals surface area contributed by atoms with E-state index in [1.807, 2.05) is 6.92 Å². The summed E-state index contributed by atoms with van der Waals surface area (Å²) in [5.74, 6) is -1.04. The van der Waals surface area contributed by atoms with Crippen LogP contribution in [0.3, 0.4) is 0 Å². The van der Waals surface area contributed by atoms with Crippen molar-refractivity contribution >= 4 is 33.4 Å². The van der Waals surface area contributed by atoms with E-state index in [0.717, 1.165) is 10.5 Å². The van der Waals surface area contributed by atoms with Gasteiger partial charge >= 0.3 is 0 Å². The summed E-state index contributed by atoms with van der Waals surface area (Å²) in [5.41, 5.74) is 1.38. The predicted octanol–water partition coefficient (Wildman–Crippen LogP) is 3.09. The number of benzene rings is 2. The zero-order chi connectivity index (χ0) is 23.7. The molecule has 1 heterocycles. The van der Waals surface area contributed by atoms with Crippen LogP contribution < -0.4 is 10.0 Å². The number of carbonyl (C=O) groups excluding carboxylic acids is 3. The zero-order valence-electron chi connectivity index (χ0n) is 18.6. The van der Waals surface area contributed by atoms with Crippen LogP contribution in [0.25, 0.3) is 0 Å². The van der Waals surface area contributed by atoms with Gasteiger partial charge in [0, 0.05) is 24.2 Å². The first-order valence-corrected chi connectivity index (χ1v) is 11.8. The summed E-state index contributed by atoms with van der Waals surface area (Å²) in [6.45, 7) is 7.20. The third-order valence-electron chi connectivity index (χ3n) is 4.78. The SMILES string of the molecule is Cc1ccc2c(c1)C(=O)N(CCCC(=O)Nc1cccc(S(=O)(=O)NC(C)(C)C)c1)C2=O. The average molecular weight is 458 g/mol. The lowest BCUT2D eigenvalue weighted by atomic mass is 10.1. The molecule has 3 rings (SSSR count). The smallest absolute Gasteiger partial charge is 0.261 e. The molecule has 2 N–H and O–H groups in total. The number of sulfonamides is 1. The van der Waals surface area contributed by atoms with Crippen molar-refractivity contribution in [2.24, 2.45) is 0 Å². The third kappa shape index (κ3) is 5.41. The van der Waals surface area contributed by atoms with E-state index in [0.29, 0.717) is 23.2 Å². The van der Waals surface area contributed by atoms with Crippen LogP contribution in [0.15, 0.2) is 47.4 Å². The number of fused-ring (bicyclic) bond motifs is 1. The van der Waals surface area contributed by atoms with Gasteiger partial charge in [-0.3, -0.25) is 19.3 Å². The molecule has 0 aliphatic carbocycles. The van der Waals surface area contributed by atoms with Gasteiger partial charge in [-0.15, -0.1) is 0 Å². The second kappa shape index (κ2) is 8.84. The van der Waals surface area contributed by atoms with Crippen LogP contribution in [0.1, 0.15) is 59.9 Å². The standard InChI is InChI=1S/C23H27N3O5S/c1-15-10-11-18-19(13-15)22(29)26(21(18)28)12-6-9-20(27)24-16-7-5-8-17(14-16)32(30,31)25-23(2,3)4/h5,7-8,10-11,13-14,25H,6,9,12H2,1-4H3,(H,24,27). The number of amides is 3. The molecule has 170 valence electrons. The van der Waals surface area contributed by atoms with E-state index in [2.05, 4.69) is 10.0 Å². The summed E-state index contributed by atoms with van der Waals surface area (Å²) >= 11 is 0. The van der Waals surface area contributed by atoms with E-state index in [-0.39, 0.29) is 35.6 Å². The number of imide groups is 1. The Bertz CT molecular complexity index is 1180. The third-order valence-corrected chi connectivity index (χ3v) is 6.54. The van der Waals surface area contributed by atoms with Crippen LogP contribution in [-0.4, -0.2) is 43.1 Å². The van der Waals surface area contributed by atoms with Gasteiger partial charge in [-0.05, 0) is 64.4 Å². The Hall–Kier alpha value is -3.04. The summed E-state index contributed by atoms with van der Waals surface area (Å²) < 4.78 is 27.5. The molecule has 0 radical (unpaired) electrons. The Morgan fingerprint density at radius 3 is 2.38 bits per heavy atom. The highest BCUT2D eigenvalue weighted by Crippen LogP contribution is 2.24. The minimum Gasteiger partial charge on any atom is -0.326 e. The number of rotatable bonds is 7. The number of anilines is 1. The first kappa shape index (κ1) is 23.6. The number of nitrogens with zero attached hydrogens (tertiary/aromatic N) is 1. The second-order valence-corrected chi connectivity index (χ2v) is 10.5. The largest absolute Gasteiger partial charge is 0.326 e. The zero-order valence-corrected chi connectivity index (χ0v) is 19.4. The monoisotopic (exact) mass is 457 g/mol. The van der Waals surface area contributed by atoms with Gasteiger partial charge in [0.1, 0.15) is 0 Å². The van der Waals surface area contributed by atoms with E-state index in [4.69, 9.17) is 0 Å². The molecule has 9 heteroatoms. The Labute approximate surface area is 188 Å². The molecular weight excluding hydrogens is 430 g/mol. The molecule has 32 heavy (non-hydrogen) atoms. The number of aryl methyl sites for hydroxylation is 1. The predicted molar refractivity (Wildman–Crippen MR) is 121 cm³/mol. The summed E-state index contributed by atoms with van der Waals surface area (Å²) in [5, 5.41) is 2.67. The number of hydrogen-bond acceptors (Lipinski definition) is 5. The van der Waals surface area contributed by atoms with Crippen LogP contribution >= 0.6 is 0 Å². The number of hydrogen-bond donors (Lipinski definition) is 2. The van der Waals surface area contributed by atoms with Gasteiger partial charge in [-0.25, -0.2) is 13.1 Å². The van der Waals surface area contributed by atoms with Crippen molar-refractivity contribution in [3.63, 3.8) is 0 Å². The summed E-state index contributed by atoms with van der Waals surface area (Å²) in [6.07, 6.45) is 0.365. The summed E-state index contributed by atoms with van der Waals surface area (Å²) in [4.78, 5) is 38.5. The minimum absolute atomic E-state index is 0.0477. The first-order valence-electron chi connectivity index (χ1n) is 10.3. The highest BCUT2D eigenvalue weighted by Gasteiger charge is 2.35. The maximum Gasteiger partial charge on any atom is 0.261 e. The van der Waals surface area contributed by atoms with E-state index in [1.54, 1.807) is 51.1 Å². The van der Waals surface area contributed by atoms with E-state index in [9.17, 15) is 22.8 Å². The van der Waals surface area contributed by atoms with Gasteiger partial charge in [-0.1, -0.05) is 17.7 Å². The second-order valence-electron chi connectivity index (χ2n) is 8.85. The minimum atomic E-state index is -3.73. The fourth-order valence-electron chi connectivity index (χ4n) is 3.43. The highest BCUT2D eigenvalue weighted by molar-refractivity contribution is 7.89. The van der Waals surface area contributed by atoms with Crippen molar-refractivity contribution in [1.29, 1.82) is 0 Å². The van der Waals surface area contributed by atoms with Gasteiger partial charge in [0.15, 0.2) is 0 Å². The maximum atomic E-state index is 12.5. The van der Waals surface area contributed by atoms with Crippen molar-refractivity contribution < 1.29 is 22.8 Å². The average Bonchev–Trinajstić information content (AvgIpc) is 2.90. The normalized spacial score (nSPS) is 13.9. The van der Waals surface area contributed by atoms with E-state index in [1.165, 1.54) is 12.1 Å². The molecule has 0 saturated carbocycles. The maximum absolute atomic E-state index is 12.5. The van der Waals surface area contributed by atoms with Crippen LogP contribution in [0, 0.1) is 6.92 Å². The lowest BCUT2D eigenvalue weighted by molar-refractivity contribution is -0.116. The topological polar surface area (TPSA) is 113 Å². The molecule has 1 aliphatic heterocycles. The molecule has 0 atom stereocenters. The number of nitrogens with one attached hydrogen (secondary N) is 2. The van der Waals surface area contributed by atoms with E-state index < -0.39 is 15.6 Å². The van der Waals surface area contributed by atoms with Crippen molar-refractivity contribution in [3.05, 3.63) is 59.2 Å². The Kier molecular flexibility index (Phi) is 6.52. The molecule has 2 aromatic carbocycles. The summed E-state index contributed by atoms with van der Waals surface area (Å²) in [7, 11) is -3.73. The van der Waals surface area contributed by atoms with Gasteiger partial charge in [0.25, 0.3) is 11.8 Å². The van der Waals surface area contributed by atoms with Crippen molar-refractivity contribution in [3.8, 4) is 0 Å². The number of carbonyl (C=O) groups is 3. The quantitative estimate of drug-likeness (QED) is 0.621. The van der Waals surface area contributed by atoms with Gasteiger partial charge < -0.3 is 5.32 Å². The highest BCUT2D eigenvalue weighted by atomic mass is 32.2.